The molecule has 1 aromatic heterocycles. The molecule has 0 saturated heterocycles. The van der Waals surface area contributed by atoms with Crippen LogP contribution in [0.2, 0.25) is 0 Å². The van der Waals surface area contributed by atoms with E-state index in [1.54, 1.807) is 6.92 Å². The zero-order chi connectivity index (χ0) is 13.9. The van der Waals surface area contributed by atoms with Gasteiger partial charge in [-0.05, 0) is 13.3 Å². The molecule has 0 unspecified atom stereocenters. The Morgan fingerprint density at radius 1 is 1.50 bits per heavy atom. The molecule has 0 aliphatic carbocycles. The first kappa shape index (κ1) is 14.3. The van der Waals surface area contributed by atoms with Crippen LogP contribution in [0.3, 0.4) is 0 Å². The Balaban J connectivity index is 2.96. The van der Waals surface area contributed by atoms with Crippen LogP contribution in [0.1, 0.15) is 29.4 Å². The topological polar surface area (TPSA) is 75.0 Å². The number of carbonyl (C=O) groups excluding carboxylic acids is 1. The number of carbonyl (C=O) groups is 1. The summed E-state index contributed by atoms with van der Waals surface area (Å²) in [6, 6.07) is 0. The Morgan fingerprint density at radius 3 is 2.50 bits per heavy atom. The summed E-state index contributed by atoms with van der Waals surface area (Å²) in [5.41, 5.74) is 5.84. The monoisotopic (exact) mass is 264 g/mol. The van der Waals surface area contributed by atoms with E-state index in [1.165, 1.54) is 6.92 Å². The summed E-state index contributed by atoms with van der Waals surface area (Å²) in [4.78, 5) is 12.7. The largest absolute Gasteiger partial charge is 0.406 e. The highest BCUT2D eigenvalue weighted by molar-refractivity contribution is 5.99. The molecule has 0 fully saturated rings. The number of aromatic nitrogens is 2. The second kappa shape index (κ2) is 5.28. The Bertz CT molecular complexity index is 408. The zero-order valence-corrected chi connectivity index (χ0v) is 10.1. The van der Waals surface area contributed by atoms with E-state index in [4.69, 9.17) is 5.73 Å². The number of nitrogens with zero attached hydrogens (tertiary/aromatic N) is 2. The first-order valence-corrected chi connectivity index (χ1v) is 5.42. The summed E-state index contributed by atoms with van der Waals surface area (Å²) in [6.45, 7) is 1.96. The SMILES string of the molecule is CCCN(CC(F)(F)F)C(=O)c1c(N)n[nH]c1C. The molecule has 0 bridgehead atoms. The van der Waals surface area contributed by atoms with Crippen LogP contribution in [-0.4, -0.2) is 40.3 Å². The van der Waals surface area contributed by atoms with Crippen molar-refractivity contribution in [1.82, 2.24) is 15.1 Å². The zero-order valence-electron chi connectivity index (χ0n) is 10.1. The number of anilines is 1. The van der Waals surface area contributed by atoms with Gasteiger partial charge < -0.3 is 10.6 Å². The predicted molar refractivity (Wildman–Crippen MR) is 60.0 cm³/mol. The summed E-state index contributed by atoms with van der Waals surface area (Å²) >= 11 is 0. The summed E-state index contributed by atoms with van der Waals surface area (Å²) < 4.78 is 37.2. The molecule has 1 rings (SSSR count). The number of rotatable bonds is 4. The highest BCUT2D eigenvalue weighted by atomic mass is 19.4. The van der Waals surface area contributed by atoms with Crippen molar-refractivity contribution in [1.29, 1.82) is 0 Å². The number of amides is 1. The third-order valence-corrected chi connectivity index (χ3v) is 2.34. The van der Waals surface area contributed by atoms with E-state index in [2.05, 4.69) is 10.2 Å². The van der Waals surface area contributed by atoms with Crippen molar-refractivity contribution in [3.05, 3.63) is 11.3 Å². The molecule has 1 heterocycles. The van der Waals surface area contributed by atoms with Crippen LogP contribution in [0.4, 0.5) is 19.0 Å². The van der Waals surface area contributed by atoms with Gasteiger partial charge in [0.15, 0.2) is 5.82 Å². The van der Waals surface area contributed by atoms with E-state index in [-0.39, 0.29) is 17.9 Å². The molecule has 1 aromatic rings. The average Bonchev–Trinajstić information content (AvgIpc) is 2.55. The van der Waals surface area contributed by atoms with Crippen LogP contribution in [0.15, 0.2) is 0 Å². The number of aryl methyl sites for hydroxylation is 1. The van der Waals surface area contributed by atoms with Crippen molar-refractivity contribution in [3.63, 3.8) is 0 Å². The molecule has 0 saturated carbocycles. The molecule has 0 aliphatic rings. The van der Waals surface area contributed by atoms with Gasteiger partial charge in [-0.25, -0.2) is 0 Å². The van der Waals surface area contributed by atoms with Crippen molar-refractivity contribution in [2.45, 2.75) is 26.4 Å². The molecule has 1 amide bonds. The molecule has 0 aromatic carbocycles. The molecule has 3 N–H and O–H groups in total. The Kier molecular flexibility index (Phi) is 4.20. The molecule has 102 valence electrons. The molecule has 5 nitrogen and oxygen atoms in total. The molecule has 0 spiro atoms. The standard InChI is InChI=1S/C10H15F3N4O/c1-3-4-17(5-10(11,12)13)9(18)7-6(2)15-16-8(7)14/h3-5H2,1-2H3,(H3,14,15,16). The maximum atomic E-state index is 12.4. The maximum Gasteiger partial charge on any atom is 0.406 e. The maximum absolute atomic E-state index is 12.4. The van der Waals surface area contributed by atoms with Gasteiger partial charge in [-0.15, -0.1) is 0 Å². The van der Waals surface area contributed by atoms with E-state index in [1.807, 2.05) is 0 Å². The van der Waals surface area contributed by atoms with Crippen molar-refractivity contribution in [2.75, 3.05) is 18.8 Å². The van der Waals surface area contributed by atoms with Crippen LogP contribution in [-0.2, 0) is 0 Å². The summed E-state index contributed by atoms with van der Waals surface area (Å²) in [5, 5.41) is 6.07. The Labute approximate surface area is 102 Å². The lowest BCUT2D eigenvalue weighted by molar-refractivity contribution is -0.140. The van der Waals surface area contributed by atoms with Crippen molar-refractivity contribution < 1.29 is 18.0 Å². The van der Waals surface area contributed by atoms with Crippen molar-refractivity contribution >= 4 is 11.7 Å². The van der Waals surface area contributed by atoms with Crippen LogP contribution >= 0.6 is 0 Å². The molecule has 18 heavy (non-hydrogen) atoms. The third kappa shape index (κ3) is 3.38. The third-order valence-electron chi connectivity index (χ3n) is 2.34. The molecular weight excluding hydrogens is 249 g/mol. The fourth-order valence-electron chi connectivity index (χ4n) is 1.61. The number of nitrogens with one attached hydrogen (secondary N) is 1. The minimum absolute atomic E-state index is 0.00713. The lowest BCUT2D eigenvalue weighted by Crippen LogP contribution is -2.39. The highest BCUT2D eigenvalue weighted by Crippen LogP contribution is 2.21. The highest BCUT2D eigenvalue weighted by Gasteiger charge is 2.34. The number of halogens is 3. The van der Waals surface area contributed by atoms with Crippen molar-refractivity contribution in [2.24, 2.45) is 0 Å². The summed E-state index contributed by atoms with van der Waals surface area (Å²) in [5.74, 6) is -0.835. The number of H-pyrrole nitrogens is 1. The van der Waals surface area contributed by atoms with Gasteiger partial charge in [-0.2, -0.15) is 18.3 Å². The summed E-state index contributed by atoms with van der Waals surface area (Å²) in [6.07, 6.45) is -4.00. The summed E-state index contributed by atoms with van der Waals surface area (Å²) in [7, 11) is 0. The van der Waals surface area contributed by atoms with Crippen LogP contribution < -0.4 is 5.73 Å². The smallest absolute Gasteiger partial charge is 0.382 e. The number of aromatic amines is 1. The number of nitrogen functional groups attached to an aromatic ring is 1. The van der Waals surface area contributed by atoms with Gasteiger partial charge in [0.2, 0.25) is 0 Å². The molecule has 0 atom stereocenters. The first-order chi connectivity index (χ1) is 8.26. The number of alkyl halides is 3. The minimum Gasteiger partial charge on any atom is -0.382 e. The predicted octanol–water partition coefficient (Wildman–Crippen LogP) is 1.71. The number of hydrogen-bond acceptors (Lipinski definition) is 3. The van der Waals surface area contributed by atoms with E-state index in [0.29, 0.717) is 12.1 Å². The van der Waals surface area contributed by atoms with Gasteiger partial charge in [0.1, 0.15) is 12.1 Å². The van der Waals surface area contributed by atoms with E-state index >= 15 is 0 Å². The van der Waals surface area contributed by atoms with Crippen LogP contribution in [0.25, 0.3) is 0 Å². The van der Waals surface area contributed by atoms with Crippen LogP contribution in [0.5, 0.6) is 0 Å². The molecule has 0 radical (unpaired) electrons. The van der Waals surface area contributed by atoms with Gasteiger partial charge in [0, 0.05) is 12.2 Å². The fourth-order valence-corrected chi connectivity index (χ4v) is 1.61. The number of hydrogen-bond donors (Lipinski definition) is 2. The normalized spacial score (nSPS) is 11.6. The second-order valence-corrected chi connectivity index (χ2v) is 3.95. The van der Waals surface area contributed by atoms with Crippen LogP contribution in [0, 0.1) is 6.92 Å². The van der Waals surface area contributed by atoms with E-state index < -0.39 is 18.6 Å². The van der Waals surface area contributed by atoms with E-state index in [9.17, 15) is 18.0 Å². The first-order valence-electron chi connectivity index (χ1n) is 5.42. The lowest BCUT2D eigenvalue weighted by atomic mass is 10.2. The fraction of sp³-hybridized carbons (Fsp3) is 0.600. The van der Waals surface area contributed by atoms with Gasteiger partial charge in [0.25, 0.3) is 5.91 Å². The molecular formula is C10H15F3N4O. The van der Waals surface area contributed by atoms with Gasteiger partial charge in [-0.1, -0.05) is 6.92 Å². The van der Waals surface area contributed by atoms with E-state index in [0.717, 1.165) is 4.90 Å². The lowest BCUT2D eigenvalue weighted by Gasteiger charge is -2.23. The van der Waals surface area contributed by atoms with Crippen molar-refractivity contribution in [3.8, 4) is 0 Å². The molecule has 0 aliphatic heterocycles. The average molecular weight is 264 g/mol. The Morgan fingerprint density at radius 2 is 2.11 bits per heavy atom. The Hall–Kier alpha value is -1.73. The number of nitrogens with two attached hydrogens (primary N) is 1. The van der Waals surface area contributed by atoms with Gasteiger partial charge in [0.05, 0.1) is 0 Å². The van der Waals surface area contributed by atoms with Gasteiger partial charge in [-0.3, -0.25) is 9.89 Å². The minimum atomic E-state index is -4.43. The molecule has 8 heteroatoms. The van der Waals surface area contributed by atoms with Gasteiger partial charge >= 0.3 is 6.18 Å². The quantitative estimate of drug-likeness (QED) is 0.869. The second-order valence-electron chi connectivity index (χ2n) is 3.95.